The highest BCUT2D eigenvalue weighted by Gasteiger charge is 2.75. The smallest absolute Gasteiger partial charge is 0.381 e. The lowest BCUT2D eigenvalue weighted by Crippen LogP contribution is -2.59. The van der Waals surface area contributed by atoms with Crippen LogP contribution in [0.1, 0.15) is 27.2 Å². The Bertz CT molecular complexity index is 490. The van der Waals surface area contributed by atoms with Crippen molar-refractivity contribution in [2.45, 2.75) is 51.4 Å². The molecule has 0 amide bonds. The van der Waals surface area contributed by atoms with Gasteiger partial charge >= 0.3 is 36.1 Å². The molecule has 0 aliphatic carbocycles. The molecule has 12 heteroatoms. The van der Waals surface area contributed by atoms with E-state index < -0.39 is 54.8 Å². The molecular weight excluding hydrogens is 372 g/mol. The van der Waals surface area contributed by atoms with E-state index in [0.29, 0.717) is 0 Å². The molecule has 0 heterocycles. The molecule has 0 unspecified atom stereocenters. The van der Waals surface area contributed by atoms with Crippen LogP contribution in [0.2, 0.25) is 0 Å². The van der Waals surface area contributed by atoms with Crippen LogP contribution in [-0.2, 0) is 19.1 Å². The summed E-state index contributed by atoms with van der Waals surface area (Å²) in [5.41, 5.74) is -1.03. The SMILES string of the molecule is CCC(C)(C)C(=O)OCC(=O)OCC(F)(F)C(F)(F)C(F)(F)C(F)F. The predicted octanol–water partition coefficient (Wildman–Crippen LogP) is 3.68. The van der Waals surface area contributed by atoms with E-state index in [1.54, 1.807) is 6.92 Å². The van der Waals surface area contributed by atoms with Gasteiger partial charge in [-0.25, -0.2) is 13.6 Å². The molecule has 0 saturated heterocycles. The third-order valence-corrected chi connectivity index (χ3v) is 3.32. The molecule has 0 radical (unpaired) electrons. The molecule has 4 nitrogen and oxygen atoms in total. The van der Waals surface area contributed by atoms with Gasteiger partial charge < -0.3 is 9.47 Å². The van der Waals surface area contributed by atoms with E-state index in [1.165, 1.54) is 13.8 Å². The monoisotopic (exact) mass is 388 g/mol. The van der Waals surface area contributed by atoms with Gasteiger partial charge in [-0.15, -0.1) is 0 Å². The Morgan fingerprint density at radius 2 is 1.44 bits per heavy atom. The summed E-state index contributed by atoms with van der Waals surface area (Å²) in [4.78, 5) is 22.6. The van der Waals surface area contributed by atoms with E-state index >= 15 is 0 Å². The molecule has 0 aromatic heterocycles. The highest BCUT2D eigenvalue weighted by Crippen LogP contribution is 2.48. The number of carbonyl (C=O) groups is 2. The second-order valence-electron chi connectivity index (χ2n) is 5.68. The van der Waals surface area contributed by atoms with Gasteiger partial charge in [0.2, 0.25) is 0 Å². The van der Waals surface area contributed by atoms with Crippen molar-refractivity contribution in [2.24, 2.45) is 5.41 Å². The maximum atomic E-state index is 13.1. The molecule has 0 bridgehead atoms. The molecular formula is C13H16F8O4. The molecule has 0 aromatic rings. The van der Waals surface area contributed by atoms with E-state index in [4.69, 9.17) is 0 Å². The summed E-state index contributed by atoms with van der Waals surface area (Å²) < 4.78 is 109. The van der Waals surface area contributed by atoms with Gasteiger partial charge in [-0.05, 0) is 20.3 Å². The molecule has 0 N–H and O–H groups in total. The lowest BCUT2D eigenvalue weighted by Gasteiger charge is -2.31. The molecule has 0 rings (SSSR count). The van der Waals surface area contributed by atoms with Crippen molar-refractivity contribution in [3.8, 4) is 0 Å². The Morgan fingerprint density at radius 3 is 1.84 bits per heavy atom. The highest BCUT2D eigenvalue weighted by atomic mass is 19.4. The van der Waals surface area contributed by atoms with Crippen molar-refractivity contribution in [3.05, 3.63) is 0 Å². The Kier molecular flexibility index (Phi) is 7.23. The van der Waals surface area contributed by atoms with Crippen LogP contribution in [0.4, 0.5) is 35.1 Å². The van der Waals surface area contributed by atoms with Crippen LogP contribution in [0.15, 0.2) is 0 Å². The molecule has 25 heavy (non-hydrogen) atoms. The van der Waals surface area contributed by atoms with Crippen molar-refractivity contribution in [2.75, 3.05) is 13.2 Å². The third kappa shape index (κ3) is 5.18. The number of halogens is 8. The first-order valence-corrected chi connectivity index (χ1v) is 6.77. The molecule has 0 aromatic carbocycles. The summed E-state index contributed by atoms with van der Waals surface area (Å²) in [5.74, 6) is -21.3. The van der Waals surface area contributed by atoms with Gasteiger partial charge in [0.1, 0.15) is 0 Å². The van der Waals surface area contributed by atoms with Crippen LogP contribution >= 0.6 is 0 Å². The maximum absolute atomic E-state index is 13.1. The van der Waals surface area contributed by atoms with Gasteiger partial charge in [-0.2, -0.15) is 26.3 Å². The second kappa shape index (κ2) is 7.73. The summed E-state index contributed by atoms with van der Waals surface area (Å²) in [6, 6.07) is 0. The van der Waals surface area contributed by atoms with Crippen molar-refractivity contribution in [3.63, 3.8) is 0 Å². The lowest BCUT2D eigenvalue weighted by atomic mass is 9.91. The summed E-state index contributed by atoms with van der Waals surface area (Å²) in [5, 5.41) is 0. The standard InChI is InChI=1S/C13H16F8O4/c1-4-10(2,3)9(23)24-5-7(22)25-6-11(16,17)13(20,21)12(18,19)8(14)15/h8H,4-6H2,1-3H3. The Hall–Kier alpha value is -1.62. The summed E-state index contributed by atoms with van der Waals surface area (Å²) in [6.45, 7) is 0.625. The fraction of sp³-hybridized carbons (Fsp3) is 0.846. The van der Waals surface area contributed by atoms with Crippen LogP contribution in [0.25, 0.3) is 0 Å². The van der Waals surface area contributed by atoms with Gasteiger partial charge in [-0.3, -0.25) is 4.79 Å². The van der Waals surface area contributed by atoms with Crippen molar-refractivity contribution >= 4 is 11.9 Å². The van der Waals surface area contributed by atoms with Crippen LogP contribution in [0.3, 0.4) is 0 Å². The van der Waals surface area contributed by atoms with Crippen LogP contribution in [-0.4, -0.2) is 49.3 Å². The quantitative estimate of drug-likeness (QED) is 0.447. The lowest BCUT2D eigenvalue weighted by molar-refractivity contribution is -0.344. The number of alkyl halides is 8. The summed E-state index contributed by atoms with van der Waals surface area (Å²) >= 11 is 0. The van der Waals surface area contributed by atoms with Gasteiger partial charge in [0.25, 0.3) is 0 Å². The molecule has 0 atom stereocenters. The average Bonchev–Trinajstić information content (AvgIpc) is 2.49. The van der Waals surface area contributed by atoms with E-state index in [9.17, 15) is 44.7 Å². The zero-order chi connectivity index (χ0) is 20.3. The predicted molar refractivity (Wildman–Crippen MR) is 66.8 cm³/mol. The minimum absolute atomic E-state index is 0.286. The average molecular weight is 388 g/mol. The first kappa shape index (κ1) is 23.4. The zero-order valence-corrected chi connectivity index (χ0v) is 13.4. The molecule has 0 fully saturated rings. The van der Waals surface area contributed by atoms with Crippen molar-refractivity contribution < 1.29 is 54.2 Å². The molecule has 0 spiro atoms. The van der Waals surface area contributed by atoms with Crippen LogP contribution < -0.4 is 0 Å². The number of ether oxygens (including phenoxy) is 2. The summed E-state index contributed by atoms with van der Waals surface area (Å²) in [6.07, 6.45) is -4.78. The number of esters is 2. The molecule has 0 aliphatic heterocycles. The zero-order valence-electron chi connectivity index (χ0n) is 13.4. The van der Waals surface area contributed by atoms with Gasteiger partial charge in [0.05, 0.1) is 5.41 Å². The van der Waals surface area contributed by atoms with Crippen LogP contribution in [0, 0.1) is 5.41 Å². The van der Waals surface area contributed by atoms with Gasteiger partial charge in [-0.1, -0.05) is 6.92 Å². The first-order chi connectivity index (χ1) is 11.0. The molecule has 0 aliphatic rings. The van der Waals surface area contributed by atoms with E-state index in [-0.39, 0.29) is 6.42 Å². The van der Waals surface area contributed by atoms with Gasteiger partial charge in [0, 0.05) is 0 Å². The third-order valence-electron chi connectivity index (χ3n) is 3.32. The van der Waals surface area contributed by atoms with E-state index in [2.05, 4.69) is 9.47 Å². The molecule has 148 valence electrons. The normalized spacial score (nSPS) is 13.8. The van der Waals surface area contributed by atoms with Gasteiger partial charge in [0.15, 0.2) is 13.2 Å². The number of carbonyl (C=O) groups excluding carboxylic acids is 2. The fourth-order valence-corrected chi connectivity index (χ4v) is 1.15. The summed E-state index contributed by atoms with van der Waals surface area (Å²) in [7, 11) is 0. The minimum Gasteiger partial charge on any atom is -0.456 e. The van der Waals surface area contributed by atoms with Crippen molar-refractivity contribution in [1.29, 1.82) is 0 Å². The Morgan fingerprint density at radius 1 is 0.960 bits per heavy atom. The number of rotatable bonds is 9. The molecule has 0 saturated carbocycles. The number of hydrogen-bond acceptors (Lipinski definition) is 4. The second-order valence-corrected chi connectivity index (χ2v) is 5.68. The largest absolute Gasteiger partial charge is 0.456 e. The minimum atomic E-state index is -6.48. The van der Waals surface area contributed by atoms with Crippen LogP contribution in [0.5, 0.6) is 0 Å². The Balaban J connectivity index is 4.79. The van der Waals surface area contributed by atoms with E-state index in [1.807, 2.05) is 0 Å². The highest BCUT2D eigenvalue weighted by molar-refractivity contribution is 5.79. The first-order valence-electron chi connectivity index (χ1n) is 6.77. The number of hydrogen-bond donors (Lipinski definition) is 0. The Labute approximate surface area is 137 Å². The fourth-order valence-electron chi connectivity index (χ4n) is 1.15. The maximum Gasteiger partial charge on any atom is 0.381 e. The van der Waals surface area contributed by atoms with E-state index in [0.717, 1.165) is 0 Å². The van der Waals surface area contributed by atoms with Crippen molar-refractivity contribution in [1.82, 2.24) is 0 Å². The topological polar surface area (TPSA) is 52.6 Å².